The zero-order chi connectivity index (χ0) is 21.5. The molecule has 0 saturated carbocycles. The van der Waals surface area contributed by atoms with Crippen LogP contribution >= 0.6 is 0 Å². The van der Waals surface area contributed by atoms with Gasteiger partial charge in [0.05, 0.1) is 11.7 Å². The minimum absolute atomic E-state index is 0.199. The van der Waals surface area contributed by atoms with Crippen molar-refractivity contribution in [2.24, 2.45) is 0 Å². The molecule has 0 aromatic heterocycles. The van der Waals surface area contributed by atoms with Crippen LogP contribution in [-0.4, -0.2) is 24.1 Å². The van der Waals surface area contributed by atoms with E-state index in [0.29, 0.717) is 17.1 Å². The highest BCUT2D eigenvalue weighted by Crippen LogP contribution is 2.23. The van der Waals surface area contributed by atoms with E-state index in [9.17, 15) is 9.59 Å². The third-order valence-electron chi connectivity index (χ3n) is 4.26. The van der Waals surface area contributed by atoms with Crippen molar-refractivity contribution in [3.05, 3.63) is 84.4 Å². The molecular weight excluding hydrogens is 380 g/mol. The fourth-order valence-electron chi connectivity index (χ4n) is 2.75. The van der Waals surface area contributed by atoms with E-state index in [1.807, 2.05) is 54.6 Å². The van der Waals surface area contributed by atoms with Gasteiger partial charge in [0.2, 0.25) is 0 Å². The average Bonchev–Trinajstić information content (AvgIpc) is 2.75. The molecule has 1 unspecified atom stereocenters. The first-order valence-electron chi connectivity index (χ1n) is 9.77. The summed E-state index contributed by atoms with van der Waals surface area (Å²) in [7, 11) is 0. The molecule has 5 nitrogen and oxygen atoms in total. The number of rotatable bonds is 7. The molecule has 3 rings (SSSR count). The van der Waals surface area contributed by atoms with Crippen LogP contribution in [0.1, 0.15) is 31.1 Å². The maximum absolute atomic E-state index is 12.3. The summed E-state index contributed by atoms with van der Waals surface area (Å²) >= 11 is 0. The lowest BCUT2D eigenvalue weighted by Crippen LogP contribution is -2.28. The summed E-state index contributed by atoms with van der Waals surface area (Å²) in [5.74, 6) is -0.0416. The first-order valence-corrected chi connectivity index (χ1v) is 9.77. The summed E-state index contributed by atoms with van der Waals surface area (Å²) in [6, 6.07) is 23.7. The third-order valence-corrected chi connectivity index (χ3v) is 4.26. The van der Waals surface area contributed by atoms with E-state index in [2.05, 4.69) is 0 Å². The lowest BCUT2D eigenvalue weighted by Gasteiger charge is -2.14. The SMILES string of the molecule is CC(C)OC(=O)c1ccc(OC(=O)C(C)Oc2ccc(-c3ccccc3)cc2)cc1. The Morgan fingerprint density at radius 3 is 1.87 bits per heavy atom. The Morgan fingerprint density at radius 2 is 1.27 bits per heavy atom. The number of ether oxygens (including phenoxy) is 3. The van der Waals surface area contributed by atoms with Crippen molar-refractivity contribution < 1.29 is 23.8 Å². The number of esters is 2. The van der Waals surface area contributed by atoms with Gasteiger partial charge in [0.25, 0.3) is 0 Å². The van der Waals surface area contributed by atoms with E-state index >= 15 is 0 Å². The lowest BCUT2D eigenvalue weighted by molar-refractivity contribution is -0.141. The van der Waals surface area contributed by atoms with Crippen molar-refractivity contribution in [1.29, 1.82) is 0 Å². The molecule has 0 amide bonds. The molecule has 0 aliphatic heterocycles. The monoisotopic (exact) mass is 404 g/mol. The third kappa shape index (κ3) is 5.70. The molecule has 0 aliphatic carbocycles. The van der Waals surface area contributed by atoms with Crippen LogP contribution in [0.3, 0.4) is 0 Å². The Kier molecular flexibility index (Phi) is 6.86. The van der Waals surface area contributed by atoms with Crippen LogP contribution in [-0.2, 0) is 9.53 Å². The standard InChI is InChI=1S/C25H24O5/c1-17(2)28-25(27)21-11-15-23(16-12-21)30-24(26)18(3)29-22-13-9-20(10-14-22)19-7-5-4-6-8-19/h4-18H,1-3H3. The fraction of sp³-hybridized carbons (Fsp3) is 0.200. The van der Waals surface area contributed by atoms with Crippen LogP contribution in [0.25, 0.3) is 11.1 Å². The highest BCUT2D eigenvalue weighted by Gasteiger charge is 2.18. The predicted octanol–water partition coefficient (Wildman–Crippen LogP) is 5.29. The van der Waals surface area contributed by atoms with Gasteiger partial charge in [0.15, 0.2) is 6.10 Å². The van der Waals surface area contributed by atoms with Gasteiger partial charge in [-0.05, 0) is 68.3 Å². The molecule has 0 aliphatic rings. The molecule has 3 aromatic rings. The van der Waals surface area contributed by atoms with Gasteiger partial charge in [-0.2, -0.15) is 0 Å². The number of benzene rings is 3. The molecule has 0 heterocycles. The summed E-state index contributed by atoms with van der Waals surface area (Å²) in [6.45, 7) is 5.19. The molecule has 1 atom stereocenters. The van der Waals surface area contributed by atoms with Crippen molar-refractivity contribution >= 4 is 11.9 Å². The molecule has 3 aromatic carbocycles. The largest absolute Gasteiger partial charge is 0.479 e. The van der Waals surface area contributed by atoms with Gasteiger partial charge < -0.3 is 14.2 Å². The van der Waals surface area contributed by atoms with E-state index in [0.717, 1.165) is 11.1 Å². The maximum atomic E-state index is 12.3. The van der Waals surface area contributed by atoms with Crippen molar-refractivity contribution in [2.45, 2.75) is 33.0 Å². The van der Waals surface area contributed by atoms with Crippen LogP contribution in [0.4, 0.5) is 0 Å². The number of hydrogen-bond acceptors (Lipinski definition) is 5. The van der Waals surface area contributed by atoms with Gasteiger partial charge in [0.1, 0.15) is 11.5 Å². The first kappa shape index (κ1) is 21.1. The average molecular weight is 404 g/mol. The number of hydrogen-bond donors (Lipinski definition) is 0. The Labute approximate surface area is 176 Å². The molecule has 0 bridgehead atoms. The lowest BCUT2D eigenvalue weighted by atomic mass is 10.1. The highest BCUT2D eigenvalue weighted by molar-refractivity contribution is 5.89. The van der Waals surface area contributed by atoms with E-state index in [1.165, 1.54) is 0 Å². The Hall–Kier alpha value is -3.60. The van der Waals surface area contributed by atoms with Crippen LogP contribution in [0, 0.1) is 0 Å². The summed E-state index contributed by atoms with van der Waals surface area (Å²) in [5.41, 5.74) is 2.57. The zero-order valence-electron chi connectivity index (χ0n) is 17.2. The smallest absolute Gasteiger partial charge is 0.352 e. The van der Waals surface area contributed by atoms with E-state index in [1.54, 1.807) is 45.0 Å². The molecule has 0 saturated heterocycles. The van der Waals surface area contributed by atoms with E-state index < -0.39 is 18.0 Å². The number of carbonyl (C=O) groups excluding carboxylic acids is 2. The van der Waals surface area contributed by atoms with Gasteiger partial charge in [-0.3, -0.25) is 0 Å². The normalized spacial score (nSPS) is 11.6. The molecule has 5 heteroatoms. The van der Waals surface area contributed by atoms with Gasteiger partial charge >= 0.3 is 11.9 Å². The molecule has 0 N–H and O–H groups in total. The number of carbonyl (C=O) groups is 2. The van der Waals surface area contributed by atoms with Crippen molar-refractivity contribution in [3.63, 3.8) is 0 Å². The second kappa shape index (κ2) is 9.74. The van der Waals surface area contributed by atoms with Crippen LogP contribution in [0.15, 0.2) is 78.9 Å². The van der Waals surface area contributed by atoms with Crippen LogP contribution in [0.5, 0.6) is 11.5 Å². The molecule has 0 spiro atoms. The minimum Gasteiger partial charge on any atom is -0.479 e. The van der Waals surface area contributed by atoms with E-state index in [4.69, 9.17) is 14.2 Å². The second-order valence-corrected chi connectivity index (χ2v) is 7.05. The Morgan fingerprint density at radius 1 is 0.700 bits per heavy atom. The van der Waals surface area contributed by atoms with Crippen molar-refractivity contribution in [2.75, 3.05) is 0 Å². The Balaban J connectivity index is 1.56. The molecule has 154 valence electrons. The van der Waals surface area contributed by atoms with Crippen molar-refractivity contribution in [3.8, 4) is 22.6 Å². The summed E-state index contributed by atoms with van der Waals surface area (Å²) in [5, 5.41) is 0. The molecule has 0 radical (unpaired) electrons. The summed E-state index contributed by atoms with van der Waals surface area (Å²) in [6.07, 6.45) is -0.993. The van der Waals surface area contributed by atoms with Crippen LogP contribution < -0.4 is 9.47 Å². The van der Waals surface area contributed by atoms with Gasteiger partial charge in [-0.25, -0.2) is 9.59 Å². The highest BCUT2D eigenvalue weighted by atomic mass is 16.6. The predicted molar refractivity (Wildman–Crippen MR) is 115 cm³/mol. The second-order valence-electron chi connectivity index (χ2n) is 7.05. The molecule has 30 heavy (non-hydrogen) atoms. The first-order chi connectivity index (χ1) is 14.4. The summed E-state index contributed by atoms with van der Waals surface area (Å²) in [4.78, 5) is 24.2. The minimum atomic E-state index is -0.793. The molecule has 0 fully saturated rings. The fourth-order valence-corrected chi connectivity index (χ4v) is 2.75. The summed E-state index contributed by atoms with van der Waals surface area (Å²) < 4.78 is 16.2. The quantitative estimate of drug-likeness (QED) is 0.395. The van der Waals surface area contributed by atoms with E-state index in [-0.39, 0.29) is 6.10 Å². The van der Waals surface area contributed by atoms with Gasteiger partial charge in [-0.1, -0.05) is 42.5 Å². The van der Waals surface area contributed by atoms with Crippen molar-refractivity contribution in [1.82, 2.24) is 0 Å². The maximum Gasteiger partial charge on any atom is 0.352 e. The zero-order valence-corrected chi connectivity index (χ0v) is 17.2. The Bertz CT molecular complexity index is 976. The van der Waals surface area contributed by atoms with Crippen LogP contribution in [0.2, 0.25) is 0 Å². The van der Waals surface area contributed by atoms with Gasteiger partial charge in [-0.15, -0.1) is 0 Å². The molecular formula is C25H24O5. The topological polar surface area (TPSA) is 61.8 Å². The van der Waals surface area contributed by atoms with Gasteiger partial charge in [0, 0.05) is 0 Å².